The van der Waals surface area contributed by atoms with E-state index in [4.69, 9.17) is 9.47 Å². The molecule has 1 amide bonds. The molecule has 8 heteroatoms. The summed E-state index contributed by atoms with van der Waals surface area (Å²) in [6.45, 7) is 1.94. The molecule has 1 heterocycles. The Hall–Kier alpha value is -3.92. The monoisotopic (exact) mass is 418 g/mol. The first kappa shape index (κ1) is 20.8. The van der Waals surface area contributed by atoms with Gasteiger partial charge in [-0.3, -0.25) is 10.1 Å². The van der Waals surface area contributed by atoms with Gasteiger partial charge in [-0.15, -0.1) is 10.2 Å². The number of para-hydroxylation sites is 1. The summed E-state index contributed by atoms with van der Waals surface area (Å²) in [5, 5.41) is 20.8. The van der Waals surface area contributed by atoms with Crippen LogP contribution in [0.15, 0.2) is 59.8 Å². The van der Waals surface area contributed by atoms with Gasteiger partial charge in [-0.05, 0) is 42.3 Å². The highest BCUT2D eigenvalue weighted by atomic mass is 32.1. The molecule has 0 radical (unpaired) electrons. The van der Waals surface area contributed by atoms with Gasteiger partial charge in [0.15, 0.2) is 17.1 Å². The number of nitrogens with one attached hydrogen (secondary N) is 1. The van der Waals surface area contributed by atoms with E-state index in [0.717, 1.165) is 11.4 Å². The van der Waals surface area contributed by atoms with E-state index in [1.807, 2.05) is 43.3 Å². The summed E-state index contributed by atoms with van der Waals surface area (Å²) < 4.78 is 11.2. The summed E-state index contributed by atoms with van der Waals surface area (Å²) >= 11 is 1.27. The predicted octanol–water partition coefficient (Wildman–Crippen LogP) is 4.60. The Morgan fingerprint density at radius 1 is 1.20 bits per heavy atom. The van der Waals surface area contributed by atoms with Gasteiger partial charge >= 0.3 is 0 Å². The van der Waals surface area contributed by atoms with Crippen LogP contribution in [0.3, 0.4) is 0 Å². The van der Waals surface area contributed by atoms with E-state index in [1.165, 1.54) is 24.5 Å². The van der Waals surface area contributed by atoms with E-state index in [-0.39, 0.29) is 5.57 Å². The van der Waals surface area contributed by atoms with Crippen LogP contribution in [0.4, 0.5) is 5.13 Å². The molecule has 2 aromatic carbocycles. The molecule has 150 valence electrons. The molecule has 0 aliphatic rings. The third-order valence-electron chi connectivity index (χ3n) is 3.87. The number of benzene rings is 2. The van der Waals surface area contributed by atoms with Gasteiger partial charge in [0.1, 0.15) is 16.8 Å². The van der Waals surface area contributed by atoms with Crippen LogP contribution in [0, 0.1) is 11.3 Å². The SMILES string of the molecule is CCc1nnc(NC(=O)C(=C=Cc2ccc(Oc3ccccc3)c(OC)c2)C#N)s1. The third-order valence-corrected chi connectivity index (χ3v) is 4.85. The first-order valence-corrected chi connectivity index (χ1v) is 9.86. The molecule has 0 atom stereocenters. The van der Waals surface area contributed by atoms with Gasteiger partial charge in [-0.2, -0.15) is 5.26 Å². The molecule has 7 nitrogen and oxygen atoms in total. The Balaban J connectivity index is 1.79. The van der Waals surface area contributed by atoms with Gasteiger partial charge in [0.25, 0.3) is 5.91 Å². The predicted molar refractivity (Wildman–Crippen MR) is 115 cm³/mol. The zero-order valence-corrected chi connectivity index (χ0v) is 17.2. The second-order valence-electron chi connectivity index (χ2n) is 5.91. The summed E-state index contributed by atoms with van der Waals surface area (Å²) in [5.41, 5.74) is 3.24. The molecule has 0 spiro atoms. The smallest absolute Gasteiger partial charge is 0.276 e. The van der Waals surface area contributed by atoms with Crippen molar-refractivity contribution in [3.8, 4) is 23.3 Å². The lowest BCUT2D eigenvalue weighted by atomic mass is 10.1. The molecule has 0 saturated carbocycles. The Bertz CT molecular complexity index is 1140. The first-order chi connectivity index (χ1) is 14.6. The topological polar surface area (TPSA) is 97.1 Å². The lowest BCUT2D eigenvalue weighted by Gasteiger charge is -2.10. The molecule has 3 aromatic rings. The van der Waals surface area contributed by atoms with Gasteiger partial charge in [0.05, 0.1) is 7.11 Å². The van der Waals surface area contributed by atoms with Gasteiger partial charge in [-0.25, -0.2) is 0 Å². The molecular weight excluding hydrogens is 400 g/mol. The Morgan fingerprint density at radius 3 is 2.67 bits per heavy atom. The quantitative estimate of drug-likeness (QED) is 0.342. The van der Waals surface area contributed by atoms with Crippen LogP contribution in [0.25, 0.3) is 6.08 Å². The lowest BCUT2D eigenvalue weighted by Crippen LogP contribution is -2.12. The summed E-state index contributed by atoms with van der Waals surface area (Å²) in [4.78, 5) is 12.3. The Kier molecular flexibility index (Phi) is 6.95. The second-order valence-corrected chi connectivity index (χ2v) is 6.97. The average Bonchev–Trinajstić information content (AvgIpc) is 3.23. The van der Waals surface area contributed by atoms with Crippen molar-refractivity contribution in [2.24, 2.45) is 0 Å². The van der Waals surface area contributed by atoms with Crippen LogP contribution in [-0.4, -0.2) is 23.2 Å². The molecule has 0 aliphatic carbocycles. The molecule has 0 aliphatic heterocycles. The van der Waals surface area contributed by atoms with E-state index in [0.29, 0.717) is 27.9 Å². The highest BCUT2D eigenvalue weighted by molar-refractivity contribution is 7.15. The molecule has 30 heavy (non-hydrogen) atoms. The fourth-order valence-electron chi connectivity index (χ4n) is 2.38. The summed E-state index contributed by atoms with van der Waals surface area (Å²) in [6.07, 6.45) is 2.25. The number of methoxy groups -OCH3 is 1. The number of anilines is 1. The number of carbonyl (C=O) groups excluding carboxylic acids is 1. The molecule has 0 unspecified atom stereocenters. The average molecular weight is 418 g/mol. The highest BCUT2D eigenvalue weighted by Gasteiger charge is 2.12. The fourth-order valence-corrected chi connectivity index (χ4v) is 3.06. The third kappa shape index (κ3) is 5.32. The maximum absolute atomic E-state index is 12.3. The van der Waals surface area contributed by atoms with Gasteiger partial charge in [0, 0.05) is 0 Å². The van der Waals surface area contributed by atoms with Crippen molar-refractivity contribution in [3.05, 3.63) is 70.4 Å². The highest BCUT2D eigenvalue weighted by Crippen LogP contribution is 2.32. The number of carbonyl (C=O) groups is 1. The van der Waals surface area contributed by atoms with Crippen molar-refractivity contribution in [2.45, 2.75) is 13.3 Å². The Morgan fingerprint density at radius 2 is 2.00 bits per heavy atom. The second kappa shape index (κ2) is 10.0. The summed E-state index contributed by atoms with van der Waals surface area (Å²) in [6, 6.07) is 16.5. The molecular formula is C22H18N4O3S. The van der Waals surface area contributed by atoms with Crippen LogP contribution in [-0.2, 0) is 11.2 Å². The van der Waals surface area contributed by atoms with Crippen LogP contribution in [0.2, 0.25) is 0 Å². The van der Waals surface area contributed by atoms with Crippen molar-refractivity contribution < 1.29 is 14.3 Å². The standard InChI is InChI=1S/C22H18N4O3S/c1-3-20-25-26-22(30-20)24-21(27)16(14-23)11-9-15-10-12-18(19(13-15)28-2)29-17-7-5-4-6-8-17/h4-10,12-13H,3H2,1-2H3,(H,24,26,27). The zero-order chi connectivity index (χ0) is 21.3. The van der Waals surface area contributed by atoms with E-state index in [2.05, 4.69) is 21.2 Å². The molecule has 1 N–H and O–H groups in total. The van der Waals surface area contributed by atoms with Crippen molar-refractivity contribution >= 4 is 28.5 Å². The maximum Gasteiger partial charge on any atom is 0.276 e. The zero-order valence-electron chi connectivity index (χ0n) is 16.4. The normalized spacial score (nSPS) is 9.77. The van der Waals surface area contributed by atoms with Crippen molar-refractivity contribution in [1.29, 1.82) is 5.26 Å². The van der Waals surface area contributed by atoms with Gasteiger partial charge in [-0.1, -0.05) is 48.3 Å². The number of aromatic nitrogens is 2. The van der Waals surface area contributed by atoms with Gasteiger partial charge < -0.3 is 9.47 Å². The minimum absolute atomic E-state index is 0.174. The maximum atomic E-state index is 12.3. The first-order valence-electron chi connectivity index (χ1n) is 9.04. The molecule has 0 saturated heterocycles. The fraction of sp³-hybridized carbons (Fsp3) is 0.136. The van der Waals surface area contributed by atoms with Crippen LogP contribution >= 0.6 is 11.3 Å². The summed E-state index contributed by atoms with van der Waals surface area (Å²) in [7, 11) is 1.54. The molecule has 3 rings (SSSR count). The number of nitriles is 1. The summed E-state index contributed by atoms with van der Waals surface area (Å²) in [5.74, 6) is 1.15. The Labute approximate surface area is 177 Å². The van der Waals surface area contributed by atoms with E-state index in [1.54, 1.807) is 18.2 Å². The van der Waals surface area contributed by atoms with Crippen molar-refractivity contribution in [2.75, 3.05) is 12.4 Å². The van der Waals surface area contributed by atoms with Crippen LogP contribution in [0.5, 0.6) is 17.2 Å². The van der Waals surface area contributed by atoms with E-state index >= 15 is 0 Å². The van der Waals surface area contributed by atoms with Crippen molar-refractivity contribution in [3.63, 3.8) is 0 Å². The number of ether oxygens (including phenoxy) is 2. The van der Waals surface area contributed by atoms with E-state index in [9.17, 15) is 10.1 Å². The molecule has 0 fully saturated rings. The minimum atomic E-state index is -0.594. The largest absolute Gasteiger partial charge is 0.493 e. The molecule has 0 bridgehead atoms. The number of hydrogen-bond donors (Lipinski definition) is 1. The number of aryl methyl sites for hydroxylation is 1. The minimum Gasteiger partial charge on any atom is -0.493 e. The van der Waals surface area contributed by atoms with Crippen LogP contribution in [0.1, 0.15) is 17.5 Å². The number of hydrogen-bond acceptors (Lipinski definition) is 7. The lowest BCUT2D eigenvalue weighted by molar-refractivity contribution is -0.112. The van der Waals surface area contributed by atoms with Crippen molar-refractivity contribution in [1.82, 2.24) is 10.2 Å². The van der Waals surface area contributed by atoms with E-state index < -0.39 is 5.91 Å². The van der Waals surface area contributed by atoms with Crippen LogP contribution < -0.4 is 14.8 Å². The number of nitrogens with zero attached hydrogens (tertiary/aromatic N) is 3. The number of amides is 1. The number of rotatable bonds is 7. The van der Waals surface area contributed by atoms with Gasteiger partial charge in [0.2, 0.25) is 5.13 Å². The molecule has 1 aromatic heterocycles.